The summed E-state index contributed by atoms with van der Waals surface area (Å²) in [5.74, 6) is -0.0724. The van der Waals surface area contributed by atoms with E-state index in [9.17, 15) is 13.2 Å². The molecule has 1 saturated heterocycles. The summed E-state index contributed by atoms with van der Waals surface area (Å²) in [5.41, 5.74) is 3.21. The number of aromatic nitrogens is 2. The van der Waals surface area contributed by atoms with Crippen LogP contribution in [0.1, 0.15) is 36.7 Å². The van der Waals surface area contributed by atoms with Crippen LogP contribution in [0.25, 0.3) is 0 Å². The fourth-order valence-corrected chi connectivity index (χ4v) is 4.55. The van der Waals surface area contributed by atoms with Crippen molar-refractivity contribution < 1.29 is 13.2 Å². The number of nitrogens with zero attached hydrogens (tertiary/aromatic N) is 3. The number of fused-ring (bicyclic) bond motifs is 1. The van der Waals surface area contributed by atoms with Crippen LogP contribution in [0.4, 0.5) is 0 Å². The predicted octanol–water partition coefficient (Wildman–Crippen LogP) is 0.281. The molecule has 0 radical (unpaired) electrons. The average molecular weight is 326 g/mol. The van der Waals surface area contributed by atoms with E-state index in [-0.39, 0.29) is 5.91 Å². The molecule has 0 spiro atoms. The van der Waals surface area contributed by atoms with E-state index in [1.165, 1.54) is 10.6 Å². The molecule has 22 heavy (non-hydrogen) atoms. The highest BCUT2D eigenvalue weighted by atomic mass is 32.2. The molecule has 1 aromatic rings. The van der Waals surface area contributed by atoms with Crippen molar-refractivity contribution in [1.29, 1.82) is 0 Å². The summed E-state index contributed by atoms with van der Waals surface area (Å²) in [5, 5.41) is 7.34. The molecule has 122 valence electrons. The number of carbonyl (C=O) groups is 1. The second-order valence-corrected chi connectivity index (χ2v) is 7.96. The van der Waals surface area contributed by atoms with Gasteiger partial charge in [-0.05, 0) is 19.3 Å². The van der Waals surface area contributed by atoms with Gasteiger partial charge in [0.2, 0.25) is 15.9 Å². The van der Waals surface area contributed by atoms with Crippen LogP contribution in [0.3, 0.4) is 0 Å². The number of aryl methyl sites for hydroxylation is 1. The lowest BCUT2D eigenvalue weighted by molar-refractivity contribution is -0.135. The van der Waals surface area contributed by atoms with Crippen LogP contribution in [0.5, 0.6) is 0 Å². The van der Waals surface area contributed by atoms with E-state index in [0.29, 0.717) is 26.1 Å². The molecule has 0 aliphatic carbocycles. The van der Waals surface area contributed by atoms with E-state index >= 15 is 0 Å². The van der Waals surface area contributed by atoms with Crippen LogP contribution < -0.4 is 0 Å². The highest BCUT2D eigenvalue weighted by Gasteiger charge is 2.39. The SMILES string of the molecule is CCc1n[nH]c2c1CN(C(=O)[C@@H]1CCCN1S(C)(=O)=O)CC2. The van der Waals surface area contributed by atoms with Gasteiger partial charge >= 0.3 is 0 Å². The van der Waals surface area contributed by atoms with Crippen LogP contribution in [-0.4, -0.2) is 59.1 Å². The quantitative estimate of drug-likeness (QED) is 0.864. The Bertz CT molecular complexity index is 669. The molecule has 1 fully saturated rings. The standard InChI is InChI=1S/C14H22N4O3S/c1-3-11-10-9-17(8-6-12(10)16-15-11)14(19)13-5-4-7-18(13)22(2,20)21/h13H,3-9H2,1-2H3,(H,15,16)/t13-/m0/s1. The smallest absolute Gasteiger partial charge is 0.241 e. The first-order valence-electron chi connectivity index (χ1n) is 7.72. The summed E-state index contributed by atoms with van der Waals surface area (Å²) >= 11 is 0. The number of aromatic amines is 1. The molecule has 1 aromatic heterocycles. The fraction of sp³-hybridized carbons (Fsp3) is 0.714. The van der Waals surface area contributed by atoms with Crippen molar-refractivity contribution in [3.63, 3.8) is 0 Å². The predicted molar refractivity (Wildman–Crippen MR) is 81.7 cm³/mol. The Morgan fingerprint density at radius 1 is 1.41 bits per heavy atom. The van der Waals surface area contributed by atoms with Gasteiger partial charge < -0.3 is 4.90 Å². The van der Waals surface area contributed by atoms with Gasteiger partial charge in [-0.15, -0.1) is 0 Å². The van der Waals surface area contributed by atoms with Crippen molar-refractivity contribution >= 4 is 15.9 Å². The van der Waals surface area contributed by atoms with Crippen molar-refractivity contribution in [2.24, 2.45) is 0 Å². The highest BCUT2D eigenvalue weighted by molar-refractivity contribution is 7.88. The number of H-pyrrole nitrogens is 1. The van der Waals surface area contributed by atoms with Gasteiger partial charge in [0.05, 0.1) is 11.9 Å². The zero-order valence-corrected chi connectivity index (χ0v) is 13.8. The zero-order chi connectivity index (χ0) is 15.9. The molecule has 0 aromatic carbocycles. The second kappa shape index (κ2) is 5.66. The second-order valence-electron chi connectivity index (χ2n) is 6.02. The molecule has 0 unspecified atom stereocenters. The van der Waals surface area contributed by atoms with Gasteiger partial charge in [-0.3, -0.25) is 9.89 Å². The Kier molecular flexibility index (Phi) is 3.98. The number of hydrogen-bond acceptors (Lipinski definition) is 4. The number of amides is 1. The normalized spacial score (nSPS) is 22.8. The lowest BCUT2D eigenvalue weighted by Crippen LogP contribution is -2.48. The van der Waals surface area contributed by atoms with Gasteiger partial charge in [0, 0.05) is 37.3 Å². The maximum Gasteiger partial charge on any atom is 0.241 e. The summed E-state index contributed by atoms with van der Waals surface area (Å²) < 4.78 is 25.0. The third-order valence-corrected chi connectivity index (χ3v) is 5.87. The third kappa shape index (κ3) is 2.65. The first kappa shape index (κ1) is 15.5. The van der Waals surface area contributed by atoms with Gasteiger partial charge in [0.15, 0.2) is 0 Å². The first-order valence-corrected chi connectivity index (χ1v) is 9.57. The summed E-state index contributed by atoms with van der Waals surface area (Å²) in [4.78, 5) is 14.6. The highest BCUT2D eigenvalue weighted by Crippen LogP contribution is 2.26. The molecular formula is C14H22N4O3S. The Hall–Kier alpha value is -1.41. The van der Waals surface area contributed by atoms with E-state index in [4.69, 9.17) is 0 Å². The molecule has 1 atom stereocenters. The summed E-state index contributed by atoms with van der Waals surface area (Å²) in [6.45, 7) is 3.63. The summed E-state index contributed by atoms with van der Waals surface area (Å²) in [6, 6.07) is -0.534. The fourth-order valence-electron chi connectivity index (χ4n) is 3.43. The van der Waals surface area contributed by atoms with Gasteiger partial charge in [-0.25, -0.2) is 8.42 Å². The van der Waals surface area contributed by atoms with E-state index in [0.717, 1.165) is 36.2 Å². The maximum atomic E-state index is 12.8. The lowest BCUT2D eigenvalue weighted by Gasteiger charge is -2.31. The number of carbonyl (C=O) groups excluding carboxylic acids is 1. The van der Waals surface area contributed by atoms with Crippen molar-refractivity contribution in [2.45, 2.75) is 45.2 Å². The molecule has 0 bridgehead atoms. The number of hydrogen-bond donors (Lipinski definition) is 1. The van der Waals surface area contributed by atoms with E-state index < -0.39 is 16.1 Å². The molecular weight excluding hydrogens is 304 g/mol. The Balaban J connectivity index is 1.79. The van der Waals surface area contributed by atoms with Gasteiger partial charge in [0.25, 0.3) is 0 Å². The van der Waals surface area contributed by atoms with Crippen LogP contribution >= 0.6 is 0 Å². The van der Waals surface area contributed by atoms with Gasteiger partial charge in [-0.1, -0.05) is 6.92 Å². The van der Waals surface area contributed by atoms with Crippen LogP contribution in [0.15, 0.2) is 0 Å². The maximum absolute atomic E-state index is 12.8. The van der Waals surface area contributed by atoms with Crippen LogP contribution in [-0.2, 0) is 34.2 Å². The molecule has 8 heteroatoms. The lowest BCUT2D eigenvalue weighted by atomic mass is 10.0. The Labute approximate surface area is 130 Å². The minimum Gasteiger partial charge on any atom is -0.336 e. The third-order valence-electron chi connectivity index (χ3n) is 4.58. The monoisotopic (exact) mass is 326 g/mol. The molecule has 1 amide bonds. The summed E-state index contributed by atoms with van der Waals surface area (Å²) in [6.07, 6.45) is 4.11. The van der Waals surface area contributed by atoms with Crippen molar-refractivity contribution in [2.75, 3.05) is 19.3 Å². The zero-order valence-electron chi connectivity index (χ0n) is 13.0. The minimum absolute atomic E-state index is 0.0724. The minimum atomic E-state index is -3.33. The van der Waals surface area contributed by atoms with E-state index in [2.05, 4.69) is 10.2 Å². The number of sulfonamides is 1. The molecule has 7 nitrogen and oxygen atoms in total. The van der Waals surface area contributed by atoms with Crippen molar-refractivity contribution in [3.05, 3.63) is 17.0 Å². The van der Waals surface area contributed by atoms with Crippen LogP contribution in [0, 0.1) is 0 Å². The molecule has 2 aliphatic heterocycles. The molecule has 3 rings (SSSR count). The molecule has 0 saturated carbocycles. The van der Waals surface area contributed by atoms with Crippen LogP contribution in [0.2, 0.25) is 0 Å². The number of nitrogens with one attached hydrogen (secondary N) is 1. The topological polar surface area (TPSA) is 86.4 Å². The summed E-state index contributed by atoms with van der Waals surface area (Å²) in [7, 11) is -3.33. The van der Waals surface area contributed by atoms with E-state index in [1.54, 1.807) is 4.90 Å². The number of rotatable bonds is 3. The largest absolute Gasteiger partial charge is 0.336 e. The first-order chi connectivity index (χ1) is 10.4. The average Bonchev–Trinajstić information content (AvgIpc) is 3.11. The van der Waals surface area contributed by atoms with Gasteiger partial charge in [0.1, 0.15) is 6.04 Å². The van der Waals surface area contributed by atoms with Crippen molar-refractivity contribution in [3.8, 4) is 0 Å². The Morgan fingerprint density at radius 2 is 2.18 bits per heavy atom. The van der Waals surface area contributed by atoms with Gasteiger partial charge in [-0.2, -0.15) is 9.40 Å². The molecule has 2 aliphatic rings. The molecule has 1 N–H and O–H groups in total. The van der Waals surface area contributed by atoms with E-state index in [1.807, 2.05) is 6.92 Å². The van der Waals surface area contributed by atoms with Crippen molar-refractivity contribution in [1.82, 2.24) is 19.4 Å². The molecule has 3 heterocycles. The Morgan fingerprint density at radius 3 is 2.86 bits per heavy atom.